The minimum absolute atomic E-state index is 0.511. The monoisotopic (exact) mass is 247 g/mol. The van der Waals surface area contributed by atoms with Crippen LogP contribution in [-0.4, -0.2) is 11.2 Å². The maximum atomic E-state index is 5.60. The fraction of sp³-hybridized carbons (Fsp3) is 0.0833. The zero-order valence-electron chi connectivity index (χ0n) is 9.38. The Balaban J connectivity index is 2.13. The number of nitrogens with one attached hydrogen (secondary N) is 1. The molecule has 0 atom stereocenters. The van der Waals surface area contributed by atoms with Gasteiger partial charge in [0.1, 0.15) is 11.6 Å². The lowest BCUT2D eigenvalue weighted by molar-refractivity contribution is 0.463. The van der Waals surface area contributed by atoms with Crippen molar-refractivity contribution in [1.82, 2.24) is 4.98 Å². The van der Waals surface area contributed by atoms with Crippen LogP contribution in [0.25, 0.3) is 0 Å². The van der Waals surface area contributed by atoms with Crippen molar-refractivity contribution in [1.29, 1.82) is 0 Å². The van der Waals surface area contributed by atoms with E-state index in [1.807, 2.05) is 36.6 Å². The normalized spacial score (nSPS) is 10.0. The predicted molar refractivity (Wildman–Crippen MR) is 70.3 cm³/mol. The third-order valence-corrected chi connectivity index (χ3v) is 2.90. The molecule has 0 aliphatic carbocycles. The highest BCUT2D eigenvalue weighted by Gasteiger charge is 2.00. The van der Waals surface area contributed by atoms with Crippen LogP contribution < -0.4 is 16.0 Å². The van der Waals surface area contributed by atoms with Crippen molar-refractivity contribution in [3.8, 4) is 11.6 Å². The van der Waals surface area contributed by atoms with Crippen LogP contribution in [0.15, 0.2) is 47.4 Å². The summed E-state index contributed by atoms with van der Waals surface area (Å²) in [7, 11) is 0. The SMILES string of the molecule is CSc1ccc(Oc2cccc(NN)n2)cc1. The summed E-state index contributed by atoms with van der Waals surface area (Å²) in [5, 5.41) is 0. The summed E-state index contributed by atoms with van der Waals surface area (Å²) >= 11 is 1.69. The number of nitrogen functional groups attached to an aromatic ring is 1. The van der Waals surface area contributed by atoms with Crippen molar-refractivity contribution >= 4 is 17.6 Å². The number of anilines is 1. The van der Waals surface area contributed by atoms with E-state index in [2.05, 4.69) is 10.4 Å². The molecular formula is C12H13N3OS. The van der Waals surface area contributed by atoms with Crippen molar-refractivity contribution in [3.63, 3.8) is 0 Å². The molecule has 0 spiro atoms. The second-order valence-electron chi connectivity index (χ2n) is 3.28. The number of hydrogen-bond donors (Lipinski definition) is 2. The van der Waals surface area contributed by atoms with Crippen molar-refractivity contribution in [2.45, 2.75) is 4.90 Å². The van der Waals surface area contributed by atoms with Crippen molar-refractivity contribution in [2.75, 3.05) is 11.7 Å². The van der Waals surface area contributed by atoms with Gasteiger partial charge in [-0.05, 0) is 36.6 Å². The molecule has 0 aliphatic heterocycles. The first-order valence-electron chi connectivity index (χ1n) is 5.07. The Morgan fingerprint density at radius 1 is 1.18 bits per heavy atom. The minimum Gasteiger partial charge on any atom is -0.439 e. The highest BCUT2D eigenvalue weighted by atomic mass is 32.2. The van der Waals surface area contributed by atoms with Gasteiger partial charge in [-0.25, -0.2) is 5.84 Å². The fourth-order valence-corrected chi connectivity index (χ4v) is 1.72. The topological polar surface area (TPSA) is 60.2 Å². The quantitative estimate of drug-likeness (QED) is 0.494. The molecular weight excluding hydrogens is 234 g/mol. The Bertz CT molecular complexity index is 487. The molecule has 0 bridgehead atoms. The third kappa shape index (κ3) is 3.12. The summed E-state index contributed by atoms with van der Waals surface area (Å²) in [5.41, 5.74) is 2.48. The molecule has 1 heterocycles. The van der Waals surface area contributed by atoms with E-state index < -0.39 is 0 Å². The van der Waals surface area contributed by atoms with Crippen LogP contribution in [0.5, 0.6) is 11.6 Å². The Kier molecular flexibility index (Phi) is 3.85. The summed E-state index contributed by atoms with van der Waals surface area (Å²) in [6, 6.07) is 13.2. The molecule has 1 aromatic heterocycles. The van der Waals surface area contributed by atoms with Gasteiger partial charge in [0, 0.05) is 11.0 Å². The van der Waals surface area contributed by atoms with Crippen LogP contribution >= 0.6 is 11.8 Å². The lowest BCUT2D eigenvalue weighted by Crippen LogP contribution is -2.08. The van der Waals surface area contributed by atoms with Crippen LogP contribution in [0.4, 0.5) is 5.82 Å². The molecule has 0 amide bonds. The van der Waals surface area contributed by atoms with E-state index in [-0.39, 0.29) is 0 Å². The molecule has 5 heteroatoms. The van der Waals surface area contributed by atoms with Gasteiger partial charge in [0.15, 0.2) is 0 Å². The molecule has 4 nitrogen and oxygen atoms in total. The summed E-state index contributed by atoms with van der Waals surface area (Å²) < 4.78 is 5.60. The average Bonchev–Trinajstić information content (AvgIpc) is 2.40. The molecule has 0 saturated heterocycles. The number of ether oxygens (including phenoxy) is 1. The molecule has 0 fully saturated rings. The van der Waals surface area contributed by atoms with Gasteiger partial charge in [-0.3, -0.25) is 0 Å². The van der Waals surface area contributed by atoms with Gasteiger partial charge < -0.3 is 10.2 Å². The molecule has 0 saturated carbocycles. The Morgan fingerprint density at radius 3 is 2.59 bits per heavy atom. The zero-order chi connectivity index (χ0) is 12.1. The van der Waals surface area contributed by atoms with Crippen molar-refractivity contribution in [3.05, 3.63) is 42.5 Å². The Labute approximate surface area is 104 Å². The van der Waals surface area contributed by atoms with Gasteiger partial charge in [-0.1, -0.05) is 6.07 Å². The second-order valence-corrected chi connectivity index (χ2v) is 4.16. The first kappa shape index (κ1) is 11.8. The van der Waals surface area contributed by atoms with Gasteiger partial charge in [-0.2, -0.15) is 4.98 Å². The van der Waals surface area contributed by atoms with E-state index in [0.717, 1.165) is 5.75 Å². The van der Waals surface area contributed by atoms with Crippen LogP contribution in [0, 0.1) is 0 Å². The predicted octanol–water partition coefficient (Wildman–Crippen LogP) is 2.88. The highest BCUT2D eigenvalue weighted by molar-refractivity contribution is 7.98. The molecule has 2 aromatic rings. The molecule has 17 heavy (non-hydrogen) atoms. The molecule has 1 aromatic carbocycles. The van der Waals surface area contributed by atoms with Crippen LogP contribution in [0.3, 0.4) is 0 Å². The number of nitrogens with zero attached hydrogens (tertiary/aromatic N) is 1. The maximum absolute atomic E-state index is 5.60. The largest absolute Gasteiger partial charge is 0.439 e. The Morgan fingerprint density at radius 2 is 1.94 bits per heavy atom. The van der Waals surface area contributed by atoms with E-state index in [4.69, 9.17) is 10.6 Å². The van der Waals surface area contributed by atoms with E-state index in [1.54, 1.807) is 23.9 Å². The van der Waals surface area contributed by atoms with Crippen LogP contribution in [0.2, 0.25) is 0 Å². The van der Waals surface area contributed by atoms with Crippen molar-refractivity contribution in [2.24, 2.45) is 5.84 Å². The smallest absolute Gasteiger partial charge is 0.221 e. The summed E-state index contributed by atoms with van der Waals surface area (Å²) in [6.45, 7) is 0. The second kappa shape index (κ2) is 5.56. The van der Waals surface area contributed by atoms with Gasteiger partial charge in [0.05, 0.1) is 0 Å². The molecule has 0 radical (unpaired) electrons. The lowest BCUT2D eigenvalue weighted by Gasteiger charge is -2.06. The van der Waals surface area contributed by atoms with Gasteiger partial charge in [0.25, 0.3) is 0 Å². The lowest BCUT2D eigenvalue weighted by atomic mass is 10.3. The number of pyridine rings is 1. The third-order valence-electron chi connectivity index (χ3n) is 2.15. The summed E-state index contributed by atoms with van der Waals surface area (Å²) in [5.74, 6) is 7.12. The van der Waals surface area contributed by atoms with Crippen LogP contribution in [-0.2, 0) is 0 Å². The van der Waals surface area contributed by atoms with Gasteiger partial charge in [-0.15, -0.1) is 11.8 Å². The maximum Gasteiger partial charge on any atom is 0.221 e. The van der Waals surface area contributed by atoms with E-state index in [9.17, 15) is 0 Å². The zero-order valence-corrected chi connectivity index (χ0v) is 10.2. The van der Waals surface area contributed by atoms with E-state index >= 15 is 0 Å². The Hall–Kier alpha value is -1.72. The standard InChI is InChI=1S/C12H13N3OS/c1-17-10-7-5-9(6-8-10)16-12-4-2-3-11(14-12)15-13/h2-8H,13H2,1H3,(H,14,15). The summed E-state index contributed by atoms with van der Waals surface area (Å²) in [6.07, 6.45) is 2.04. The first-order valence-corrected chi connectivity index (χ1v) is 6.30. The molecule has 88 valence electrons. The molecule has 0 unspecified atom stereocenters. The first-order chi connectivity index (χ1) is 8.31. The number of hydrogen-bond acceptors (Lipinski definition) is 5. The summed E-state index contributed by atoms with van der Waals surface area (Å²) in [4.78, 5) is 5.36. The molecule has 2 rings (SSSR count). The number of nitrogens with two attached hydrogens (primary N) is 1. The molecule has 0 aliphatic rings. The number of benzene rings is 1. The van der Waals surface area contributed by atoms with Gasteiger partial charge >= 0.3 is 0 Å². The number of thioether (sulfide) groups is 1. The van der Waals surface area contributed by atoms with E-state index in [1.165, 1.54) is 4.90 Å². The molecule has 3 N–H and O–H groups in total. The number of aromatic nitrogens is 1. The fourth-order valence-electron chi connectivity index (χ4n) is 1.32. The van der Waals surface area contributed by atoms with Crippen LogP contribution in [0.1, 0.15) is 0 Å². The van der Waals surface area contributed by atoms with Gasteiger partial charge in [0.2, 0.25) is 5.88 Å². The number of hydrazine groups is 1. The minimum atomic E-state index is 0.511. The number of rotatable bonds is 4. The van der Waals surface area contributed by atoms with E-state index in [0.29, 0.717) is 11.7 Å². The van der Waals surface area contributed by atoms with Crippen molar-refractivity contribution < 1.29 is 4.74 Å². The highest BCUT2D eigenvalue weighted by Crippen LogP contribution is 2.23. The average molecular weight is 247 g/mol.